The van der Waals surface area contributed by atoms with Crippen LogP contribution in [0.25, 0.3) is 0 Å². The summed E-state index contributed by atoms with van der Waals surface area (Å²) in [6, 6.07) is 0. The van der Waals surface area contributed by atoms with Gasteiger partial charge >= 0.3 is 5.97 Å². The highest BCUT2D eigenvalue weighted by atomic mass is 32.2. The van der Waals surface area contributed by atoms with Crippen molar-refractivity contribution in [1.29, 1.82) is 0 Å². The summed E-state index contributed by atoms with van der Waals surface area (Å²) in [6.45, 7) is 0. The van der Waals surface area contributed by atoms with Crippen molar-refractivity contribution in [2.45, 2.75) is 17.7 Å². The Morgan fingerprint density at radius 2 is 2.21 bits per heavy atom. The molecule has 1 aromatic heterocycles. The van der Waals surface area contributed by atoms with Crippen molar-refractivity contribution in [2.24, 2.45) is 0 Å². The Morgan fingerprint density at radius 1 is 1.50 bits per heavy atom. The van der Waals surface area contributed by atoms with E-state index in [4.69, 9.17) is 5.11 Å². The molecule has 0 spiro atoms. The molecule has 0 aromatic carbocycles. The van der Waals surface area contributed by atoms with Gasteiger partial charge in [-0.1, -0.05) is 0 Å². The number of carboxylic acids is 1. The first kappa shape index (κ1) is 9.20. The molecule has 2 heterocycles. The molecular weight excluding hydrogens is 208 g/mol. The van der Waals surface area contributed by atoms with Crippen molar-refractivity contribution >= 4 is 15.8 Å². The van der Waals surface area contributed by atoms with Crippen LogP contribution in [0, 0.1) is 0 Å². The first-order valence-electron chi connectivity index (χ1n) is 4.05. The summed E-state index contributed by atoms with van der Waals surface area (Å²) in [5.74, 6) is -1.31. The Balaban J connectivity index is 2.71. The third kappa shape index (κ3) is 1.20. The van der Waals surface area contributed by atoms with Gasteiger partial charge in [0.05, 0.1) is 11.4 Å². The van der Waals surface area contributed by atoms with Crippen molar-refractivity contribution in [3.8, 4) is 0 Å². The fourth-order valence-corrected chi connectivity index (χ4v) is 3.24. The summed E-state index contributed by atoms with van der Waals surface area (Å²) in [5.41, 5.74) is 0.0216. The lowest BCUT2D eigenvalue weighted by atomic mass is 10.2. The van der Waals surface area contributed by atoms with Crippen molar-refractivity contribution in [3.05, 3.63) is 11.4 Å². The Kier molecular flexibility index (Phi) is 1.84. The zero-order valence-corrected chi connectivity index (χ0v) is 7.97. The minimum Gasteiger partial charge on any atom is -0.476 e. The van der Waals surface area contributed by atoms with E-state index in [1.54, 1.807) is 0 Å². The van der Waals surface area contributed by atoms with Crippen LogP contribution < -0.4 is 0 Å². The highest BCUT2D eigenvalue weighted by Gasteiger charge is 2.32. The van der Waals surface area contributed by atoms with Gasteiger partial charge in [-0.2, -0.15) is 5.10 Å². The maximum absolute atomic E-state index is 11.5. The standard InChI is InChI=1S/C7H8N2O4S/c10-7(11)5-6-4(8-9-5)2-1-3-14(6,12)13/h1-3H2,(H,8,9)(H,10,11). The third-order valence-electron chi connectivity index (χ3n) is 2.15. The van der Waals surface area contributed by atoms with E-state index in [2.05, 4.69) is 10.2 Å². The van der Waals surface area contributed by atoms with Crippen molar-refractivity contribution in [3.63, 3.8) is 0 Å². The number of aromatic amines is 1. The second-order valence-corrected chi connectivity index (χ2v) is 5.15. The Labute approximate surface area is 79.9 Å². The molecule has 0 amide bonds. The van der Waals surface area contributed by atoms with E-state index < -0.39 is 15.8 Å². The van der Waals surface area contributed by atoms with Crippen molar-refractivity contribution < 1.29 is 18.3 Å². The summed E-state index contributed by atoms with van der Waals surface area (Å²) in [4.78, 5) is 10.5. The van der Waals surface area contributed by atoms with E-state index in [-0.39, 0.29) is 16.3 Å². The number of hydrogen-bond acceptors (Lipinski definition) is 4. The van der Waals surface area contributed by atoms with Gasteiger partial charge in [-0.15, -0.1) is 0 Å². The summed E-state index contributed by atoms with van der Waals surface area (Å²) in [7, 11) is -3.45. The van der Waals surface area contributed by atoms with Crippen LogP contribution in [0.5, 0.6) is 0 Å². The SMILES string of the molecule is O=C(O)c1n[nH]c2c1S(=O)(=O)CCC2. The van der Waals surface area contributed by atoms with Crippen LogP contribution in [0.4, 0.5) is 0 Å². The van der Waals surface area contributed by atoms with Crippen LogP contribution in [0.3, 0.4) is 0 Å². The molecule has 2 N–H and O–H groups in total. The number of carboxylic acid groups (broad SMARTS) is 1. The fraction of sp³-hybridized carbons (Fsp3) is 0.429. The number of aromatic nitrogens is 2. The molecule has 1 aliphatic rings. The number of nitrogens with zero attached hydrogens (tertiary/aromatic N) is 1. The van der Waals surface area contributed by atoms with Crippen LogP contribution >= 0.6 is 0 Å². The number of aromatic carboxylic acids is 1. The molecule has 0 saturated heterocycles. The van der Waals surface area contributed by atoms with E-state index in [0.29, 0.717) is 18.5 Å². The minimum atomic E-state index is -3.45. The Morgan fingerprint density at radius 3 is 2.86 bits per heavy atom. The molecule has 0 aliphatic carbocycles. The zero-order valence-electron chi connectivity index (χ0n) is 7.15. The van der Waals surface area contributed by atoms with Gasteiger partial charge in [0.25, 0.3) is 0 Å². The van der Waals surface area contributed by atoms with E-state index in [1.165, 1.54) is 0 Å². The molecule has 14 heavy (non-hydrogen) atoms. The molecule has 0 radical (unpaired) electrons. The third-order valence-corrected chi connectivity index (χ3v) is 4.03. The number of aryl methyl sites for hydroxylation is 1. The van der Waals surface area contributed by atoms with Crippen LogP contribution in [-0.4, -0.2) is 35.4 Å². The van der Waals surface area contributed by atoms with E-state index in [1.807, 2.05) is 0 Å². The number of H-pyrrole nitrogens is 1. The molecule has 1 aliphatic heterocycles. The van der Waals surface area contributed by atoms with Gasteiger partial charge in [-0.25, -0.2) is 13.2 Å². The lowest BCUT2D eigenvalue weighted by Gasteiger charge is -2.10. The molecular formula is C7H8N2O4S. The van der Waals surface area contributed by atoms with Crippen LogP contribution in [0.15, 0.2) is 4.90 Å². The molecule has 0 fully saturated rings. The molecule has 76 valence electrons. The summed E-state index contributed by atoms with van der Waals surface area (Å²) in [6.07, 6.45) is 1.05. The smallest absolute Gasteiger partial charge is 0.357 e. The predicted octanol–water partition coefficient (Wildman–Crippen LogP) is -0.172. The monoisotopic (exact) mass is 216 g/mol. The van der Waals surface area contributed by atoms with Crippen LogP contribution in [-0.2, 0) is 16.3 Å². The summed E-state index contributed by atoms with van der Waals surface area (Å²) < 4.78 is 23.1. The summed E-state index contributed by atoms with van der Waals surface area (Å²) in [5, 5.41) is 14.7. The number of nitrogens with one attached hydrogen (secondary N) is 1. The van der Waals surface area contributed by atoms with E-state index in [0.717, 1.165) is 0 Å². The molecule has 2 rings (SSSR count). The number of fused-ring (bicyclic) bond motifs is 1. The van der Waals surface area contributed by atoms with Gasteiger partial charge in [-0.3, -0.25) is 5.10 Å². The Hall–Kier alpha value is -1.37. The number of sulfone groups is 1. The average molecular weight is 216 g/mol. The van der Waals surface area contributed by atoms with Gasteiger partial charge in [-0.05, 0) is 12.8 Å². The Bertz CT molecular complexity index is 488. The molecule has 0 atom stereocenters. The zero-order chi connectivity index (χ0) is 10.3. The molecule has 6 nitrogen and oxygen atoms in total. The average Bonchev–Trinajstić information content (AvgIpc) is 2.48. The highest BCUT2D eigenvalue weighted by molar-refractivity contribution is 7.91. The van der Waals surface area contributed by atoms with Gasteiger partial charge in [0.1, 0.15) is 4.90 Å². The van der Waals surface area contributed by atoms with Crippen LogP contribution in [0.1, 0.15) is 22.6 Å². The van der Waals surface area contributed by atoms with Crippen molar-refractivity contribution in [1.82, 2.24) is 10.2 Å². The number of carbonyl (C=O) groups is 1. The highest BCUT2D eigenvalue weighted by Crippen LogP contribution is 2.26. The molecule has 0 bridgehead atoms. The van der Waals surface area contributed by atoms with Crippen molar-refractivity contribution in [2.75, 3.05) is 5.75 Å². The largest absolute Gasteiger partial charge is 0.476 e. The summed E-state index contributed by atoms with van der Waals surface area (Å²) >= 11 is 0. The molecule has 0 unspecified atom stereocenters. The normalized spacial score (nSPS) is 18.9. The number of hydrogen-bond donors (Lipinski definition) is 2. The maximum atomic E-state index is 11.5. The molecule has 7 heteroatoms. The van der Waals surface area contributed by atoms with Gasteiger partial charge < -0.3 is 5.11 Å². The quantitative estimate of drug-likeness (QED) is 0.678. The van der Waals surface area contributed by atoms with E-state index in [9.17, 15) is 13.2 Å². The predicted molar refractivity (Wildman–Crippen MR) is 45.9 cm³/mol. The van der Waals surface area contributed by atoms with Crippen LogP contribution in [0.2, 0.25) is 0 Å². The lowest BCUT2D eigenvalue weighted by molar-refractivity contribution is 0.0686. The van der Waals surface area contributed by atoms with E-state index >= 15 is 0 Å². The first-order valence-corrected chi connectivity index (χ1v) is 5.71. The lowest BCUT2D eigenvalue weighted by Crippen LogP contribution is -2.17. The second kappa shape index (κ2) is 2.81. The first-order chi connectivity index (χ1) is 6.52. The second-order valence-electron chi connectivity index (χ2n) is 3.11. The minimum absolute atomic E-state index is 0.000185. The topological polar surface area (TPSA) is 100 Å². The van der Waals surface area contributed by atoms with Gasteiger partial charge in [0, 0.05) is 0 Å². The number of rotatable bonds is 1. The molecule has 0 saturated carbocycles. The van der Waals surface area contributed by atoms with Gasteiger partial charge in [0.2, 0.25) is 0 Å². The fourth-order valence-electron chi connectivity index (χ4n) is 1.56. The van der Waals surface area contributed by atoms with Gasteiger partial charge in [0.15, 0.2) is 15.5 Å². The maximum Gasteiger partial charge on any atom is 0.357 e. The molecule has 1 aromatic rings.